The molecule has 2 aromatic heterocycles. The average Bonchev–Trinajstić information content (AvgIpc) is 3.03. The summed E-state index contributed by atoms with van der Waals surface area (Å²) in [7, 11) is 1.15. The van der Waals surface area contributed by atoms with Crippen LogP contribution in [0.4, 0.5) is 13.2 Å². The van der Waals surface area contributed by atoms with E-state index in [1.165, 1.54) is 18.3 Å². The molecule has 0 aliphatic heterocycles. The van der Waals surface area contributed by atoms with Gasteiger partial charge in [0.2, 0.25) is 0 Å². The largest absolute Gasteiger partial charge is 0.496 e. The summed E-state index contributed by atoms with van der Waals surface area (Å²) in [4.78, 5) is 15.8. The molecule has 9 heteroatoms. The summed E-state index contributed by atoms with van der Waals surface area (Å²) >= 11 is 0. The number of rotatable bonds is 3. The van der Waals surface area contributed by atoms with Crippen molar-refractivity contribution in [3.05, 3.63) is 51.4 Å². The van der Waals surface area contributed by atoms with Crippen LogP contribution < -0.4 is 10.3 Å². The van der Waals surface area contributed by atoms with Crippen molar-refractivity contribution in [1.29, 1.82) is 5.26 Å². The second-order valence-electron chi connectivity index (χ2n) is 6.22. The smallest absolute Gasteiger partial charge is 0.419 e. The van der Waals surface area contributed by atoms with Crippen molar-refractivity contribution < 1.29 is 17.9 Å². The number of hydrogen-bond acceptors (Lipinski definition) is 4. The van der Waals surface area contributed by atoms with Crippen LogP contribution in [0, 0.1) is 11.3 Å². The molecule has 140 valence electrons. The van der Waals surface area contributed by atoms with Crippen LogP contribution >= 0.6 is 0 Å². The number of nitrogens with zero attached hydrogens (tertiary/aromatic N) is 3. The minimum absolute atomic E-state index is 0.155. The summed E-state index contributed by atoms with van der Waals surface area (Å²) in [6.07, 6.45) is -3.31. The minimum Gasteiger partial charge on any atom is -0.496 e. The predicted octanol–water partition coefficient (Wildman–Crippen LogP) is 3.71. The number of H-pyrrole nitrogens is 1. The molecule has 0 atom stereocenters. The molecule has 0 aliphatic carbocycles. The summed E-state index contributed by atoms with van der Waals surface area (Å²) in [5.74, 6) is -0.597. The molecule has 0 unspecified atom stereocenters. The molecule has 0 radical (unpaired) electrons. The third-order valence-electron chi connectivity index (χ3n) is 4.20. The monoisotopic (exact) mass is 376 g/mol. The van der Waals surface area contributed by atoms with Crippen LogP contribution in [0.2, 0.25) is 0 Å². The SMILES string of the molecule is COc1cc(-c2[nH]c3c(C#N)cnn3c(=O)c2C(C)C)ccc1C(F)(F)F. The van der Waals surface area contributed by atoms with Crippen LogP contribution in [0.1, 0.15) is 36.5 Å². The maximum absolute atomic E-state index is 13.1. The van der Waals surface area contributed by atoms with Crippen LogP contribution in [0.25, 0.3) is 16.9 Å². The highest BCUT2D eigenvalue weighted by Gasteiger charge is 2.34. The van der Waals surface area contributed by atoms with Gasteiger partial charge >= 0.3 is 6.18 Å². The Morgan fingerprint density at radius 2 is 2.04 bits per heavy atom. The summed E-state index contributed by atoms with van der Waals surface area (Å²) < 4.78 is 45.3. The number of ether oxygens (including phenoxy) is 1. The maximum atomic E-state index is 13.1. The minimum atomic E-state index is -4.57. The first-order valence-corrected chi connectivity index (χ1v) is 7.98. The number of nitriles is 1. The lowest BCUT2D eigenvalue weighted by Gasteiger charge is -2.16. The van der Waals surface area contributed by atoms with Gasteiger partial charge in [0.25, 0.3) is 5.56 Å². The molecular weight excluding hydrogens is 361 g/mol. The molecular formula is C18H15F3N4O2. The zero-order valence-electron chi connectivity index (χ0n) is 14.7. The zero-order chi connectivity index (χ0) is 19.9. The quantitative estimate of drug-likeness (QED) is 0.755. The van der Waals surface area contributed by atoms with Gasteiger partial charge in [0, 0.05) is 11.1 Å². The molecule has 0 saturated heterocycles. The lowest BCUT2D eigenvalue weighted by atomic mass is 9.97. The number of halogens is 3. The van der Waals surface area contributed by atoms with Gasteiger partial charge in [0.05, 0.1) is 24.6 Å². The van der Waals surface area contributed by atoms with Crippen LogP contribution in [0.3, 0.4) is 0 Å². The van der Waals surface area contributed by atoms with E-state index in [9.17, 15) is 23.2 Å². The van der Waals surface area contributed by atoms with Gasteiger partial charge in [0.1, 0.15) is 17.4 Å². The highest BCUT2D eigenvalue weighted by molar-refractivity contribution is 5.70. The fourth-order valence-corrected chi connectivity index (χ4v) is 2.96. The van der Waals surface area contributed by atoms with Gasteiger partial charge in [0.15, 0.2) is 5.65 Å². The fraction of sp³-hybridized carbons (Fsp3) is 0.278. The van der Waals surface area contributed by atoms with Crippen molar-refractivity contribution in [2.45, 2.75) is 25.9 Å². The van der Waals surface area contributed by atoms with E-state index in [0.29, 0.717) is 16.8 Å². The Hall–Kier alpha value is -3.28. The first kappa shape index (κ1) is 18.5. The molecule has 0 aliphatic rings. The second-order valence-corrected chi connectivity index (χ2v) is 6.22. The normalized spacial score (nSPS) is 11.8. The van der Waals surface area contributed by atoms with E-state index in [-0.39, 0.29) is 22.9 Å². The number of nitrogens with one attached hydrogen (secondary N) is 1. The van der Waals surface area contributed by atoms with Crippen molar-refractivity contribution in [2.75, 3.05) is 7.11 Å². The molecule has 0 amide bonds. The fourth-order valence-electron chi connectivity index (χ4n) is 2.96. The number of aromatic nitrogens is 3. The van der Waals surface area contributed by atoms with Crippen molar-refractivity contribution in [2.24, 2.45) is 0 Å². The van der Waals surface area contributed by atoms with E-state index in [1.54, 1.807) is 13.8 Å². The van der Waals surface area contributed by atoms with Crippen LogP contribution in [0.15, 0.2) is 29.2 Å². The van der Waals surface area contributed by atoms with E-state index in [2.05, 4.69) is 10.1 Å². The number of benzene rings is 1. The molecule has 0 spiro atoms. The van der Waals surface area contributed by atoms with E-state index in [1.807, 2.05) is 6.07 Å². The molecule has 0 fully saturated rings. The van der Waals surface area contributed by atoms with Gasteiger partial charge in [-0.2, -0.15) is 28.0 Å². The van der Waals surface area contributed by atoms with Crippen molar-refractivity contribution in [3.8, 4) is 23.1 Å². The summed E-state index contributed by atoms with van der Waals surface area (Å²) in [6, 6.07) is 5.32. The highest BCUT2D eigenvalue weighted by atomic mass is 19.4. The lowest BCUT2D eigenvalue weighted by molar-refractivity contribution is -0.138. The molecule has 0 saturated carbocycles. The number of methoxy groups -OCH3 is 1. The Labute approximate surface area is 151 Å². The Morgan fingerprint density at radius 3 is 2.59 bits per heavy atom. The molecule has 27 heavy (non-hydrogen) atoms. The maximum Gasteiger partial charge on any atom is 0.419 e. The van der Waals surface area contributed by atoms with Crippen LogP contribution in [-0.2, 0) is 6.18 Å². The Balaban J connectivity index is 2.35. The Morgan fingerprint density at radius 1 is 1.33 bits per heavy atom. The van der Waals surface area contributed by atoms with Crippen molar-refractivity contribution >= 4 is 5.65 Å². The third-order valence-corrected chi connectivity index (χ3v) is 4.20. The average molecular weight is 376 g/mol. The third kappa shape index (κ3) is 3.03. The van der Waals surface area contributed by atoms with Gasteiger partial charge < -0.3 is 9.72 Å². The van der Waals surface area contributed by atoms with Gasteiger partial charge in [-0.3, -0.25) is 4.79 Å². The second kappa shape index (κ2) is 6.46. The lowest BCUT2D eigenvalue weighted by Crippen LogP contribution is -2.22. The Kier molecular flexibility index (Phi) is 4.43. The van der Waals surface area contributed by atoms with Crippen LogP contribution in [0.5, 0.6) is 5.75 Å². The molecule has 1 aromatic carbocycles. The van der Waals surface area contributed by atoms with E-state index in [0.717, 1.165) is 17.7 Å². The van der Waals surface area contributed by atoms with Crippen molar-refractivity contribution in [3.63, 3.8) is 0 Å². The van der Waals surface area contributed by atoms with Gasteiger partial charge in [-0.25, -0.2) is 0 Å². The summed E-state index contributed by atoms with van der Waals surface area (Å²) in [5.41, 5.74) is -0.000540. The van der Waals surface area contributed by atoms with Gasteiger partial charge in [-0.15, -0.1) is 0 Å². The van der Waals surface area contributed by atoms with Crippen LogP contribution in [-0.4, -0.2) is 21.7 Å². The highest BCUT2D eigenvalue weighted by Crippen LogP contribution is 2.39. The number of alkyl halides is 3. The van der Waals surface area contributed by atoms with Gasteiger partial charge in [-0.1, -0.05) is 19.9 Å². The molecule has 3 rings (SSSR count). The Bertz CT molecular complexity index is 1120. The van der Waals surface area contributed by atoms with E-state index in [4.69, 9.17) is 4.74 Å². The summed E-state index contributed by atoms with van der Waals surface area (Å²) in [6.45, 7) is 3.58. The molecule has 2 heterocycles. The zero-order valence-corrected chi connectivity index (χ0v) is 14.7. The molecule has 0 bridgehead atoms. The molecule has 1 N–H and O–H groups in total. The predicted molar refractivity (Wildman–Crippen MR) is 91.6 cm³/mol. The summed E-state index contributed by atoms with van der Waals surface area (Å²) in [5, 5.41) is 13.1. The number of fused-ring (bicyclic) bond motifs is 1. The first-order chi connectivity index (χ1) is 12.7. The molecule has 3 aromatic rings. The topological polar surface area (TPSA) is 83.2 Å². The number of aromatic amines is 1. The van der Waals surface area contributed by atoms with Crippen molar-refractivity contribution in [1.82, 2.24) is 14.6 Å². The standard InChI is InChI=1S/C18H15F3N4O2/c1-9(2)14-15(24-16-11(7-22)8-23-25(16)17(14)26)10-4-5-12(18(19,20)21)13(6-10)27-3/h4-6,8-9,24H,1-3H3. The number of hydrogen-bond donors (Lipinski definition) is 1. The van der Waals surface area contributed by atoms with Gasteiger partial charge in [-0.05, 0) is 18.1 Å². The van der Waals surface area contributed by atoms with E-state index >= 15 is 0 Å². The molecule has 6 nitrogen and oxygen atoms in total. The first-order valence-electron chi connectivity index (χ1n) is 7.98. The van der Waals surface area contributed by atoms with E-state index < -0.39 is 17.3 Å².